The molecule has 0 heterocycles. The maximum atomic E-state index is 12.6. The van der Waals surface area contributed by atoms with Crippen molar-refractivity contribution in [2.24, 2.45) is 23.2 Å². The van der Waals surface area contributed by atoms with Crippen LogP contribution in [0, 0.1) is 23.2 Å². The zero-order valence-corrected chi connectivity index (χ0v) is 15.0. The minimum atomic E-state index is -0.0452. The first-order valence-corrected chi connectivity index (χ1v) is 9.17. The summed E-state index contributed by atoms with van der Waals surface area (Å²) >= 11 is 0. The highest BCUT2D eigenvalue weighted by Crippen LogP contribution is 2.54. The molecule has 0 aromatic heterocycles. The second-order valence-corrected chi connectivity index (χ2v) is 7.80. The number of aliphatic hydroxyl groups is 3. The van der Waals surface area contributed by atoms with Crippen molar-refractivity contribution in [2.45, 2.75) is 52.4 Å². The lowest BCUT2D eigenvalue weighted by atomic mass is 9.54. The fraction of sp³-hybridized carbons (Fsp3) is 0.750. The maximum Gasteiger partial charge on any atom is 0.136 e. The summed E-state index contributed by atoms with van der Waals surface area (Å²) in [6.45, 7) is 4.45. The maximum absolute atomic E-state index is 12.6. The molecular formula is C20H32O4. The number of hydrogen-bond donors (Lipinski definition) is 3. The van der Waals surface area contributed by atoms with Crippen LogP contribution < -0.4 is 0 Å². The van der Waals surface area contributed by atoms with Gasteiger partial charge in [-0.1, -0.05) is 26.0 Å². The van der Waals surface area contributed by atoms with Crippen molar-refractivity contribution in [1.29, 1.82) is 0 Å². The van der Waals surface area contributed by atoms with Gasteiger partial charge in [-0.3, -0.25) is 4.79 Å². The van der Waals surface area contributed by atoms with E-state index in [-0.39, 0.29) is 31.2 Å². The highest BCUT2D eigenvalue weighted by molar-refractivity contribution is 5.83. The first-order chi connectivity index (χ1) is 11.5. The molecule has 0 aliphatic heterocycles. The van der Waals surface area contributed by atoms with Crippen molar-refractivity contribution in [3.05, 3.63) is 23.3 Å². The molecule has 136 valence electrons. The van der Waals surface area contributed by atoms with E-state index in [1.165, 1.54) is 0 Å². The van der Waals surface area contributed by atoms with Gasteiger partial charge in [-0.2, -0.15) is 0 Å². The lowest BCUT2D eigenvalue weighted by Gasteiger charge is -2.50. The number of allylic oxidation sites excluding steroid dienone is 1. The van der Waals surface area contributed by atoms with Crippen molar-refractivity contribution in [2.75, 3.05) is 19.8 Å². The van der Waals surface area contributed by atoms with Gasteiger partial charge >= 0.3 is 0 Å². The molecule has 0 amide bonds. The van der Waals surface area contributed by atoms with E-state index < -0.39 is 0 Å². The molecular weight excluding hydrogens is 304 g/mol. The summed E-state index contributed by atoms with van der Waals surface area (Å²) in [4.78, 5) is 12.6. The van der Waals surface area contributed by atoms with Crippen LogP contribution in [0.3, 0.4) is 0 Å². The van der Waals surface area contributed by atoms with Crippen LogP contribution >= 0.6 is 0 Å². The Morgan fingerprint density at radius 2 is 2.08 bits per heavy atom. The normalized spacial score (nSPS) is 34.5. The monoisotopic (exact) mass is 336 g/mol. The average Bonchev–Trinajstić information content (AvgIpc) is 2.80. The lowest BCUT2D eigenvalue weighted by molar-refractivity contribution is -0.136. The number of fused-ring (bicyclic) bond motifs is 1. The third-order valence-electron chi connectivity index (χ3n) is 6.54. The Morgan fingerprint density at radius 1 is 1.33 bits per heavy atom. The molecule has 0 bridgehead atoms. The summed E-state index contributed by atoms with van der Waals surface area (Å²) in [7, 11) is 0. The Bertz CT molecular complexity index is 508. The van der Waals surface area contributed by atoms with Gasteiger partial charge in [0.1, 0.15) is 5.78 Å². The van der Waals surface area contributed by atoms with Crippen LogP contribution in [-0.4, -0.2) is 40.9 Å². The smallest absolute Gasteiger partial charge is 0.136 e. The number of rotatable bonds is 6. The topological polar surface area (TPSA) is 77.8 Å². The zero-order chi connectivity index (χ0) is 17.7. The van der Waals surface area contributed by atoms with Crippen LogP contribution in [0.5, 0.6) is 0 Å². The van der Waals surface area contributed by atoms with Crippen LogP contribution in [0.2, 0.25) is 0 Å². The van der Waals surface area contributed by atoms with Gasteiger partial charge < -0.3 is 15.3 Å². The van der Waals surface area contributed by atoms with E-state index in [0.717, 1.165) is 36.8 Å². The van der Waals surface area contributed by atoms with Crippen molar-refractivity contribution in [1.82, 2.24) is 0 Å². The molecule has 0 aromatic carbocycles. The predicted molar refractivity (Wildman–Crippen MR) is 94.4 cm³/mol. The predicted octanol–water partition coefficient (Wildman–Crippen LogP) is 2.63. The Balaban J connectivity index is 2.21. The van der Waals surface area contributed by atoms with Gasteiger partial charge in [-0.25, -0.2) is 0 Å². The second-order valence-electron chi connectivity index (χ2n) is 7.80. The van der Waals surface area contributed by atoms with Crippen molar-refractivity contribution < 1.29 is 20.1 Å². The molecule has 24 heavy (non-hydrogen) atoms. The molecule has 3 N–H and O–H groups in total. The quantitative estimate of drug-likeness (QED) is 0.652. The summed E-state index contributed by atoms with van der Waals surface area (Å²) in [5.74, 6) is 1.00. The zero-order valence-electron chi connectivity index (χ0n) is 15.0. The van der Waals surface area contributed by atoms with E-state index in [2.05, 4.69) is 19.9 Å². The molecule has 4 nitrogen and oxygen atoms in total. The third-order valence-corrected chi connectivity index (χ3v) is 6.54. The third kappa shape index (κ3) is 3.98. The number of carbonyl (C=O) groups excluding carboxylic acids is 1. The summed E-state index contributed by atoms with van der Waals surface area (Å²) in [6.07, 6.45) is 8.69. The Morgan fingerprint density at radius 3 is 2.71 bits per heavy atom. The van der Waals surface area contributed by atoms with Crippen molar-refractivity contribution in [3.63, 3.8) is 0 Å². The Kier molecular flexibility index (Phi) is 6.79. The van der Waals surface area contributed by atoms with Crippen LogP contribution in [-0.2, 0) is 4.79 Å². The van der Waals surface area contributed by atoms with Crippen LogP contribution in [0.1, 0.15) is 52.4 Å². The van der Waals surface area contributed by atoms with Gasteiger partial charge in [-0.05, 0) is 60.5 Å². The summed E-state index contributed by atoms with van der Waals surface area (Å²) in [5.41, 5.74) is 1.92. The van der Waals surface area contributed by atoms with Crippen LogP contribution in [0.15, 0.2) is 23.3 Å². The summed E-state index contributed by atoms with van der Waals surface area (Å²) in [5, 5.41) is 28.0. The first kappa shape index (κ1) is 19.4. The minimum Gasteiger partial charge on any atom is -0.392 e. The van der Waals surface area contributed by atoms with Gasteiger partial charge in [0, 0.05) is 12.3 Å². The van der Waals surface area contributed by atoms with Gasteiger partial charge in [0.15, 0.2) is 0 Å². The van der Waals surface area contributed by atoms with E-state index >= 15 is 0 Å². The molecule has 0 radical (unpaired) electrons. The number of hydrogen-bond acceptors (Lipinski definition) is 4. The molecule has 0 spiro atoms. The molecule has 1 fully saturated rings. The Labute approximate surface area is 145 Å². The average molecular weight is 336 g/mol. The standard InChI is InChI=1S/C20H32O4/c1-14-10-19(24)17-11-16(13-23)4-3-5-18(17)20(14,2)8-6-15(12-22)7-9-21/h4,7,14,17-18,21-23H,3,5-6,8-13H2,1-2H3/b15-7-/t14-,17?,18?,20+/m1/s1. The lowest BCUT2D eigenvalue weighted by Crippen LogP contribution is -2.47. The largest absolute Gasteiger partial charge is 0.392 e. The fourth-order valence-corrected chi connectivity index (χ4v) is 4.72. The van der Waals surface area contributed by atoms with Gasteiger partial charge in [0.25, 0.3) is 0 Å². The van der Waals surface area contributed by atoms with E-state index in [1.54, 1.807) is 6.08 Å². The van der Waals surface area contributed by atoms with Crippen LogP contribution in [0.25, 0.3) is 0 Å². The molecule has 2 aliphatic carbocycles. The molecule has 0 aromatic rings. The van der Waals surface area contributed by atoms with E-state index in [0.29, 0.717) is 30.5 Å². The SMILES string of the molecule is C[C@@H]1CC(=O)C2CC(CO)=CCCC2[C@@]1(C)CC/C(=C/CO)CO. The van der Waals surface area contributed by atoms with Crippen molar-refractivity contribution in [3.8, 4) is 0 Å². The number of carbonyl (C=O) groups is 1. The molecule has 2 rings (SSSR count). The summed E-state index contributed by atoms with van der Waals surface area (Å²) in [6, 6.07) is 0. The molecule has 4 atom stereocenters. The van der Waals surface area contributed by atoms with Crippen molar-refractivity contribution >= 4 is 5.78 Å². The molecule has 2 aliphatic rings. The highest BCUT2D eigenvalue weighted by Gasteiger charge is 2.49. The van der Waals surface area contributed by atoms with E-state index in [4.69, 9.17) is 5.11 Å². The van der Waals surface area contributed by atoms with E-state index in [9.17, 15) is 15.0 Å². The second kappa shape index (κ2) is 8.41. The number of aliphatic hydroxyl groups excluding tert-OH is 3. The first-order valence-electron chi connectivity index (χ1n) is 9.17. The summed E-state index contributed by atoms with van der Waals surface area (Å²) < 4.78 is 0. The van der Waals surface area contributed by atoms with Gasteiger partial charge in [-0.15, -0.1) is 0 Å². The molecule has 0 saturated heterocycles. The van der Waals surface area contributed by atoms with Gasteiger partial charge in [0.2, 0.25) is 0 Å². The Hall–Kier alpha value is -0.970. The molecule has 2 unspecified atom stereocenters. The number of ketones is 1. The minimum absolute atomic E-state index is 0.0196. The van der Waals surface area contributed by atoms with Gasteiger partial charge in [0.05, 0.1) is 19.8 Å². The fourth-order valence-electron chi connectivity index (χ4n) is 4.72. The highest BCUT2D eigenvalue weighted by atomic mass is 16.3. The van der Waals surface area contributed by atoms with E-state index in [1.807, 2.05) is 0 Å². The molecule has 1 saturated carbocycles. The molecule has 4 heteroatoms. The van der Waals surface area contributed by atoms with Crippen LogP contribution in [0.4, 0.5) is 0 Å². The number of Topliss-reactive ketones (excluding diaryl/α,β-unsaturated/α-hetero) is 1.